The van der Waals surface area contributed by atoms with Gasteiger partial charge in [-0.15, -0.1) is 0 Å². The fourth-order valence-corrected chi connectivity index (χ4v) is 4.63. The van der Waals surface area contributed by atoms with Gasteiger partial charge in [-0.05, 0) is 73.5 Å². The summed E-state index contributed by atoms with van der Waals surface area (Å²) >= 11 is 0. The van der Waals surface area contributed by atoms with Crippen LogP contribution in [-0.2, 0) is 0 Å². The normalized spacial score (nSPS) is 11.5. The van der Waals surface area contributed by atoms with Crippen molar-refractivity contribution in [2.45, 2.75) is 26.1 Å². The molecule has 2 unspecified atom stereocenters. The molecule has 5 N–H and O–H groups in total. The van der Waals surface area contributed by atoms with Gasteiger partial charge in [0.2, 0.25) is 0 Å². The summed E-state index contributed by atoms with van der Waals surface area (Å²) in [6, 6.07) is 25.8. The monoisotopic (exact) mass is 662 g/mol. The molecule has 0 amide bonds. The zero-order chi connectivity index (χ0) is 34.1. The summed E-state index contributed by atoms with van der Waals surface area (Å²) < 4.78 is 19.2. The molecule has 48 heavy (non-hydrogen) atoms. The second kappa shape index (κ2) is 17.1. The number of hydrogen-bond donors (Lipinski definition) is 3. The van der Waals surface area contributed by atoms with Crippen LogP contribution in [-0.4, -0.2) is 24.9 Å². The summed E-state index contributed by atoms with van der Waals surface area (Å²) in [5, 5.41) is 32.7. The second-order valence-electron chi connectivity index (χ2n) is 10.2. The van der Waals surface area contributed by atoms with E-state index in [-0.39, 0.29) is 58.8 Å². The van der Waals surface area contributed by atoms with E-state index in [0.29, 0.717) is 33.5 Å². The van der Waals surface area contributed by atoms with Crippen molar-refractivity contribution in [1.29, 1.82) is 0 Å². The van der Waals surface area contributed by atoms with Crippen molar-refractivity contribution in [2.75, 3.05) is 11.5 Å². The van der Waals surface area contributed by atoms with Gasteiger partial charge in [0.05, 0.1) is 26.7 Å². The first-order valence-corrected chi connectivity index (χ1v) is 14.2. The summed E-state index contributed by atoms with van der Waals surface area (Å²) in [6.07, 6.45) is 2.48. The van der Waals surface area contributed by atoms with Crippen molar-refractivity contribution in [3.8, 4) is 5.75 Å². The van der Waals surface area contributed by atoms with Crippen LogP contribution in [0, 0.1) is 26.0 Å². The predicted molar refractivity (Wildman–Crippen MR) is 179 cm³/mol. The number of nitrogens with zero attached hydrogens (tertiary/aromatic N) is 4. The van der Waals surface area contributed by atoms with E-state index in [1.54, 1.807) is 67.8 Å². The van der Waals surface area contributed by atoms with Gasteiger partial charge in [-0.25, -0.2) is 14.4 Å². The number of nitro groups is 2. The number of non-ortho nitro benzene ring substituents is 2. The van der Waals surface area contributed by atoms with E-state index in [9.17, 15) is 24.6 Å². The Kier molecular flexibility index (Phi) is 13.3. The summed E-state index contributed by atoms with van der Waals surface area (Å²) in [5.41, 5.74) is 12.7. The molecule has 0 fully saturated rings. The molecule has 6 aromatic rings. The van der Waals surface area contributed by atoms with E-state index in [2.05, 4.69) is 9.97 Å². The number of nitrogen functional groups attached to an aromatic ring is 2. The molecule has 2 aromatic heterocycles. The van der Waals surface area contributed by atoms with E-state index < -0.39 is 16.8 Å². The zero-order valence-electron chi connectivity index (χ0n) is 27.4. The van der Waals surface area contributed by atoms with Gasteiger partial charge in [-0.3, -0.25) is 20.2 Å². The van der Waals surface area contributed by atoms with Crippen LogP contribution in [0.15, 0.2) is 109 Å². The van der Waals surface area contributed by atoms with Gasteiger partial charge in [-0.2, -0.15) is 0 Å². The Morgan fingerprint density at radius 1 is 0.729 bits per heavy atom. The van der Waals surface area contributed by atoms with Crippen LogP contribution in [0.25, 0.3) is 21.5 Å². The minimum atomic E-state index is -0.512. The number of benzene rings is 4. The number of aliphatic hydroxyl groups excluding tert-OH is 1. The van der Waals surface area contributed by atoms with E-state index in [0.717, 1.165) is 17.2 Å². The van der Waals surface area contributed by atoms with Gasteiger partial charge in [-0.1, -0.05) is 36.4 Å². The van der Waals surface area contributed by atoms with E-state index >= 15 is 0 Å². The van der Waals surface area contributed by atoms with Crippen LogP contribution in [0.3, 0.4) is 0 Å². The van der Waals surface area contributed by atoms with Crippen molar-refractivity contribution in [3.05, 3.63) is 147 Å². The van der Waals surface area contributed by atoms with Gasteiger partial charge < -0.3 is 22.7 Å². The summed E-state index contributed by atoms with van der Waals surface area (Å²) in [6.45, 7) is 3.58. The number of anilines is 2. The first kappa shape index (κ1) is 37.2. The minimum absolute atomic E-state index is 0. The van der Waals surface area contributed by atoms with E-state index in [1.807, 2.05) is 25.1 Å². The first-order valence-electron chi connectivity index (χ1n) is 14.2. The van der Waals surface area contributed by atoms with Crippen LogP contribution in [0.2, 0.25) is 0 Å². The minimum Gasteiger partial charge on any atom is -1.00 e. The van der Waals surface area contributed by atoms with Crippen LogP contribution >= 0.6 is 0 Å². The summed E-state index contributed by atoms with van der Waals surface area (Å²) in [4.78, 5) is 28.6. The smallest absolute Gasteiger partial charge is 1.00 e. The third-order valence-corrected chi connectivity index (χ3v) is 6.97. The predicted octanol–water partition coefficient (Wildman–Crippen LogP) is 4.59. The quantitative estimate of drug-likeness (QED) is 0.129. The Balaban J connectivity index is 0.000000274. The number of aromatic nitrogens is 2. The third kappa shape index (κ3) is 9.42. The average Bonchev–Trinajstić information content (AvgIpc) is 3.05. The largest absolute Gasteiger partial charge is 1.00 e. The molecule has 0 saturated heterocycles. The first-order chi connectivity index (χ1) is 22.5. The number of aliphatic hydroxyl groups is 1. The van der Waals surface area contributed by atoms with Crippen molar-refractivity contribution in [1.82, 2.24) is 9.97 Å². The van der Waals surface area contributed by atoms with Crippen molar-refractivity contribution in [2.24, 2.45) is 0 Å². The molecule has 0 spiro atoms. The van der Waals surface area contributed by atoms with Gasteiger partial charge in [0.15, 0.2) is 0 Å². The SMILES string of the molecule is CC(O)c1ccnc(N)c1.CC(Oc1ccc([N+](=O)[O-])c2ccccc12)c1ccnc(N)c1.O=[N+]([O-])c1ccc(F)c2ccccc12.[H-].[Na+]. The third-order valence-electron chi connectivity index (χ3n) is 6.97. The molecule has 2 atom stereocenters. The number of nitro benzene ring substituents is 2. The maximum Gasteiger partial charge on any atom is 1.00 e. The number of rotatable bonds is 6. The Bertz CT molecular complexity index is 2050. The number of nitrogens with two attached hydrogens (primary N) is 2. The van der Waals surface area contributed by atoms with Crippen molar-refractivity contribution < 1.29 is 55.1 Å². The molecule has 0 radical (unpaired) electrons. The molecule has 2 heterocycles. The molecule has 12 nitrogen and oxygen atoms in total. The second-order valence-corrected chi connectivity index (χ2v) is 10.2. The topological polar surface area (TPSA) is 194 Å². The fourth-order valence-electron chi connectivity index (χ4n) is 4.63. The zero-order valence-corrected chi connectivity index (χ0v) is 28.4. The van der Waals surface area contributed by atoms with Crippen LogP contribution in [0.5, 0.6) is 5.75 Å². The number of halogens is 1. The molecule has 0 aliphatic heterocycles. The molecule has 242 valence electrons. The van der Waals surface area contributed by atoms with Gasteiger partial charge in [0.25, 0.3) is 11.4 Å². The van der Waals surface area contributed by atoms with Crippen LogP contribution < -0.4 is 45.8 Å². The van der Waals surface area contributed by atoms with Crippen LogP contribution in [0.1, 0.15) is 38.6 Å². The Hall–Kier alpha value is -5.21. The Morgan fingerprint density at radius 2 is 1.19 bits per heavy atom. The van der Waals surface area contributed by atoms with Gasteiger partial charge >= 0.3 is 29.6 Å². The standard InChI is InChI=1S/C17H15N3O3.C10H6FNO2.C7H10N2O.Na.H/c1-11(12-8-9-19-17(18)10-12)23-16-7-6-15(20(21)22)13-4-2-3-5-14(13)16;11-9-5-6-10(12(13)14)8-4-2-1-3-7(8)9;1-5(10)6-2-3-9-7(8)4-6;;/h2-11H,1H3,(H2,18,19);1-6H;2-5,10H,1H3,(H2,8,9);;/q;;;+1;-1. The molecular weight excluding hydrogens is 630 g/mol. The van der Waals surface area contributed by atoms with Gasteiger partial charge in [0.1, 0.15) is 29.3 Å². The van der Waals surface area contributed by atoms with Crippen molar-refractivity contribution in [3.63, 3.8) is 0 Å². The molecule has 0 aliphatic carbocycles. The Labute approximate surface area is 298 Å². The molecule has 0 bridgehead atoms. The summed E-state index contributed by atoms with van der Waals surface area (Å²) in [7, 11) is 0. The summed E-state index contributed by atoms with van der Waals surface area (Å²) in [5.74, 6) is 1.02. The fraction of sp³-hybridized carbons (Fsp3) is 0.118. The number of hydrogen-bond acceptors (Lipinski definition) is 10. The average molecular weight is 663 g/mol. The maximum atomic E-state index is 13.2. The van der Waals surface area contributed by atoms with Crippen LogP contribution in [0.4, 0.5) is 27.4 Å². The number of fused-ring (bicyclic) bond motifs is 2. The van der Waals surface area contributed by atoms with Gasteiger partial charge in [0, 0.05) is 35.3 Å². The maximum absolute atomic E-state index is 13.2. The van der Waals surface area contributed by atoms with E-state index in [4.69, 9.17) is 21.3 Å². The number of ether oxygens (including phenoxy) is 1. The molecular formula is C34H32FN6NaO6. The molecule has 0 aliphatic rings. The molecule has 0 saturated carbocycles. The van der Waals surface area contributed by atoms with Crippen molar-refractivity contribution >= 4 is 44.6 Å². The molecule has 14 heteroatoms. The molecule has 6 rings (SSSR count). The number of pyridine rings is 2. The van der Waals surface area contributed by atoms with E-state index in [1.165, 1.54) is 24.3 Å². The Morgan fingerprint density at radius 3 is 1.69 bits per heavy atom. The molecule has 4 aromatic carbocycles.